The average Bonchev–Trinajstić information content (AvgIpc) is 3.03. The SMILES string of the molecule is Cc1ccc(C(=O)N2CCC3(CCNC3)C2)cc1F.Cl. The van der Waals surface area contributed by atoms with Gasteiger partial charge in [0, 0.05) is 30.6 Å². The van der Waals surface area contributed by atoms with Crippen molar-refractivity contribution in [1.82, 2.24) is 10.2 Å². The van der Waals surface area contributed by atoms with Crippen molar-refractivity contribution < 1.29 is 9.18 Å². The Kier molecular flexibility index (Phi) is 4.35. The summed E-state index contributed by atoms with van der Waals surface area (Å²) in [6.07, 6.45) is 2.19. The van der Waals surface area contributed by atoms with Crippen molar-refractivity contribution in [3.8, 4) is 0 Å². The van der Waals surface area contributed by atoms with Gasteiger partial charge in [0.15, 0.2) is 0 Å². The smallest absolute Gasteiger partial charge is 0.253 e. The minimum absolute atomic E-state index is 0. The fourth-order valence-corrected chi connectivity index (χ4v) is 3.16. The molecule has 0 saturated carbocycles. The van der Waals surface area contributed by atoms with Crippen molar-refractivity contribution >= 4 is 18.3 Å². The van der Waals surface area contributed by atoms with Gasteiger partial charge in [0.2, 0.25) is 0 Å². The molecule has 1 atom stereocenters. The van der Waals surface area contributed by atoms with E-state index in [1.54, 1.807) is 19.1 Å². The third-order valence-electron chi connectivity index (χ3n) is 4.48. The molecule has 0 radical (unpaired) electrons. The van der Waals surface area contributed by atoms with Gasteiger partial charge in [-0.25, -0.2) is 4.39 Å². The van der Waals surface area contributed by atoms with Gasteiger partial charge in [0.25, 0.3) is 5.91 Å². The topological polar surface area (TPSA) is 32.3 Å². The first kappa shape index (κ1) is 15.3. The normalized spacial score (nSPS) is 25.0. The van der Waals surface area contributed by atoms with E-state index in [1.807, 2.05) is 4.90 Å². The number of carbonyl (C=O) groups excluding carboxylic acids is 1. The fourth-order valence-electron chi connectivity index (χ4n) is 3.16. The third-order valence-corrected chi connectivity index (χ3v) is 4.48. The Morgan fingerprint density at radius 3 is 2.85 bits per heavy atom. The Hall–Kier alpha value is -1.13. The summed E-state index contributed by atoms with van der Waals surface area (Å²) in [6, 6.07) is 4.75. The summed E-state index contributed by atoms with van der Waals surface area (Å²) < 4.78 is 13.5. The lowest BCUT2D eigenvalue weighted by Gasteiger charge is -2.22. The molecule has 1 spiro atoms. The van der Waals surface area contributed by atoms with Crippen molar-refractivity contribution in [3.63, 3.8) is 0 Å². The van der Waals surface area contributed by atoms with E-state index in [1.165, 1.54) is 6.07 Å². The van der Waals surface area contributed by atoms with Gasteiger partial charge in [0.1, 0.15) is 5.82 Å². The second-order valence-corrected chi connectivity index (χ2v) is 5.87. The van der Waals surface area contributed by atoms with Crippen molar-refractivity contribution in [3.05, 3.63) is 35.1 Å². The zero-order valence-electron chi connectivity index (χ0n) is 11.6. The predicted octanol–water partition coefficient (Wildman–Crippen LogP) is 2.38. The molecule has 110 valence electrons. The maximum absolute atomic E-state index is 13.5. The molecule has 0 aliphatic carbocycles. The van der Waals surface area contributed by atoms with Crippen LogP contribution >= 0.6 is 12.4 Å². The Balaban J connectivity index is 0.00000147. The molecule has 3 nitrogen and oxygen atoms in total. The molecular formula is C15H20ClFN2O. The lowest BCUT2D eigenvalue weighted by molar-refractivity contribution is 0.0775. The highest BCUT2D eigenvalue weighted by Gasteiger charge is 2.41. The summed E-state index contributed by atoms with van der Waals surface area (Å²) >= 11 is 0. The number of hydrogen-bond donors (Lipinski definition) is 1. The van der Waals surface area contributed by atoms with Crippen LogP contribution in [0, 0.1) is 18.2 Å². The molecule has 2 fully saturated rings. The first-order valence-electron chi connectivity index (χ1n) is 6.86. The first-order chi connectivity index (χ1) is 9.10. The number of hydrogen-bond acceptors (Lipinski definition) is 2. The van der Waals surface area contributed by atoms with E-state index in [4.69, 9.17) is 0 Å². The zero-order chi connectivity index (χ0) is 13.5. The van der Waals surface area contributed by atoms with Crippen molar-refractivity contribution in [2.75, 3.05) is 26.2 Å². The third kappa shape index (κ3) is 2.67. The van der Waals surface area contributed by atoms with Crippen LogP contribution in [0.15, 0.2) is 18.2 Å². The Morgan fingerprint density at radius 2 is 2.20 bits per heavy atom. The van der Waals surface area contributed by atoms with E-state index in [0.717, 1.165) is 39.0 Å². The zero-order valence-corrected chi connectivity index (χ0v) is 12.4. The Morgan fingerprint density at radius 1 is 1.40 bits per heavy atom. The highest BCUT2D eigenvalue weighted by molar-refractivity contribution is 5.94. The summed E-state index contributed by atoms with van der Waals surface area (Å²) in [5, 5.41) is 3.37. The maximum atomic E-state index is 13.5. The van der Waals surface area contributed by atoms with Crippen molar-refractivity contribution in [2.24, 2.45) is 5.41 Å². The number of halogens is 2. The molecule has 1 aromatic rings. The van der Waals surface area contributed by atoms with Crippen LogP contribution in [-0.4, -0.2) is 37.0 Å². The summed E-state index contributed by atoms with van der Waals surface area (Å²) in [6.45, 7) is 5.34. The molecule has 20 heavy (non-hydrogen) atoms. The monoisotopic (exact) mass is 298 g/mol. The molecule has 1 N–H and O–H groups in total. The molecular weight excluding hydrogens is 279 g/mol. The molecule has 0 aromatic heterocycles. The highest BCUT2D eigenvalue weighted by Crippen LogP contribution is 2.36. The molecule has 5 heteroatoms. The van der Waals surface area contributed by atoms with Crippen LogP contribution in [0.25, 0.3) is 0 Å². The number of nitrogens with zero attached hydrogens (tertiary/aromatic N) is 1. The minimum Gasteiger partial charge on any atom is -0.338 e. The molecule has 2 aliphatic heterocycles. The lowest BCUT2D eigenvalue weighted by atomic mass is 9.86. The minimum atomic E-state index is -0.303. The van der Waals surface area contributed by atoms with Gasteiger partial charge in [-0.05, 0) is 44.0 Å². The molecule has 1 amide bonds. The van der Waals surface area contributed by atoms with E-state index in [-0.39, 0.29) is 29.5 Å². The second-order valence-electron chi connectivity index (χ2n) is 5.87. The van der Waals surface area contributed by atoms with Gasteiger partial charge in [-0.15, -0.1) is 12.4 Å². The number of amides is 1. The fraction of sp³-hybridized carbons (Fsp3) is 0.533. The van der Waals surface area contributed by atoms with Crippen molar-refractivity contribution in [1.29, 1.82) is 0 Å². The molecule has 2 saturated heterocycles. The number of carbonyl (C=O) groups is 1. The Labute approximate surface area is 124 Å². The average molecular weight is 299 g/mol. The van der Waals surface area contributed by atoms with Gasteiger partial charge in [0.05, 0.1) is 0 Å². The van der Waals surface area contributed by atoms with Gasteiger partial charge < -0.3 is 10.2 Å². The lowest BCUT2D eigenvalue weighted by Crippen LogP contribution is -2.33. The molecule has 1 unspecified atom stereocenters. The van der Waals surface area contributed by atoms with Crippen LogP contribution in [0.4, 0.5) is 4.39 Å². The number of rotatable bonds is 1. The van der Waals surface area contributed by atoms with E-state index in [0.29, 0.717) is 11.1 Å². The first-order valence-corrected chi connectivity index (χ1v) is 6.86. The second kappa shape index (κ2) is 5.70. The van der Waals surface area contributed by atoms with Crippen LogP contribution in [0.3, 0.4) is 0 Å². The number of benzene rings is 1. The largest absolute Gasteiger partial charge is 0.338 e. The molecule has 2 aliphatic rings. The molecule has 2 heterocycles. The highest BCUT2D eigenvalue weighted by atomic mass is 35.5. The van der Waals surface area contributed by atoms with E-state index >= 15 is 0 Å². The summed E-state index contributed by atoms with van der Waals surface area (Å²) in [4.78, 5) is 14.3. The predicted molar refractivity (Wildman–Crippen MR) is 78.8 cm³/mol. The summed E-state index contributed by atoms with van der Waals surface area (Å²) in [5.41, 5.74) is 1.30. The maximum Gasteiger partial charge on any atom is 0.253 e. The van der Waals surface area contributed by atoms with Gasteiger partial charge in [-0.2, -0.15) is 0 Å². The van der Waals surface area contributed by atoms with Crippen LogP contribution < -0.4 is 5.32 Å². The van der Waals surface area contributed by atoms with Gasteiger partial charge in [-0.3, -0.25) is 4.79 Å². The van der Waals surface area contributed by atoms with Crippen LogP contribution in [0.2, 0.25) is 0 Å². The number of aryl methyl sites for hydroxylation is 1. The Bertz CT molecular complexity index is 515. The molecule has 3 rings (SSSR count). The van der Waals surface area contributed by atoms with Crippen LogP contribution in [0.5, 0.6) is 0 Å². The quantitative estimate of drug-likeness (QED) is 0.863. The van der Waals surface area contributed by atoms with Crippen LogP contribution in [0.1, 0.15) is 28.8 Å². The van der Waals surface area contributed by atoms with E-state index in [2.05, 4.69) is 5.32 Å². The molecule has 1 aromatic carbocycles. The standard InChI is InChI=1S/C15H19FN2O.ClH/c1-11-2-3-12(8-13(11)16)14(19)18-7-5-15(10-18)4-6-17-9-15;/h2-3,8,17H,4-7,9-10H2,1H3;1H. The summed E-state index contributed by atoms with van der Waals surface area (Å²) in [7, 11) is 0. The van der Waals surface area contributed by atoms with Crippen LogP contribution in [-0.2, 0) is 0 Å². The molecule has 0 bridgehead atoms. The van der Waals surface area contributed by atoms with Gasteiger partial charge in [-0.1, -0.05) is 6.07 Å². The van der Waals surface area contributed by atoms with E-state index in [9.17, 15) is 9.18 Å². The van der Waals surface area contributed by atoms with Crippen molar-refractivity contribution in [2.45, 2.75) is 19.8 Å². The van der Waals surface area contributed by atoms with E-state index < -0.39 is 0 Å². The number of likely N-dealkylation sites (tertiary alicyclic amines) is 1. The van der Waals surface area contributed by atoms with Gasteiger partial charge >= 0.3 is 0 Å². The number of nitrogens with one attached hydrogen (secondary N) is 1. The summed E-state index contributed by atoms with van der Waals surface area (Å²) in [5.74, 6) is -0.343.